The molecule has 0 aliphatic rings. The van der Waals surface area contributed by atoms with Crippen LogP contribution in [0, 0.1) is 12.3 Å². The van der Waals surface area contributed by atoms with Crippen LogP contribution >= 0.6 is 0 Å². The van der Waals surface area contributed by atoms with Crippen molar-refractivity contribution in [2.45, 2.75) is 27.7 Å². The Hall–Kier alpha value is -4.89. The molecule has 0 bridgehead atoms. The highest BCUT2D eigenvalue weighted by Gasteiger charge is 2.14. The third-order valence-corrected chi connectivity index (χ3v) is 4.89. The van der Waals surface area contributed by atoms with E-state index in [1.54, 1.807) is 56.3 Å². The minimum absolute atomic E-state index is 0.0412. The van der Waals surface area contributed by atoms with Gasteiger partial charge < -0.3 is 14.2 Å². The highest BCUT2D eigenvalue weighted by Crippen LogP contribution is 2.34. The lowest BCUT2D eigenvalue weighted by Crippen LogP contribution is -2.09. The molecule has 2 aromatic carbocycles. The summed E-state index contributed by atoms with van der Waals surface area (Å²) in [7, 11) is 0. The summed E-state index contributed by atoms with van der Waals surface area (Å²) in [5, 5.41) is 0. The van der Waals surface area contributed by atoms with Crippen molar-refractivity contribution in [2.24, 2.45) is 0 Å². The Morgan fingerprint density at radius 3 is 1.89 bits per heavy atom. The zero-order valence-corrected chi connectivity index (χ0v) is 21.3. The molecule has 2 aromatic rings. The van der Waals surface area contributed by atoms with Gasteiger partial charge in [-0.05, 0) is 80.7 Å². The lowest BCUT2D eigenvalue weighted by Gasteiger charge is -2.13. The molecule has 0 amide bonds. The molecule has 0 fully saturated rings. The predicted molar refractivity (Wildman–Crippen MR) is 144 cm³/mol. The molecule has 0 saturated heterocycles. The van der Waals surface area contributed by atoms with Gasteiger partial charge in [0.2, 0.25) is 0 Å². The van der Waals surface area contributed by atoms with Gasteiger partial charge in [-0.1, -0.05) is 44.0 Å². The molecule has 0 spiro atoms. The second-order valence-corrected chi connectivity index (χ2v) is 8.27. The lowest BCUT2D eigenvalue weighted by atomic mass is 9.98. The number of terminal acetylenes is 1. The van der Waals surface area contributed by atoms with E-state index in [1.807, 2.05) is 13.0 Å². The molecule has 0 atom stereocenters. The zero-order chi connectivity index (χ0) is 27.7. The fraction of sp³-hybridized carbons (Fsp3) is 0.129. The van der Waals surface area contributed by atoms with Crippen LogP contribution in [0.4, 0.5) is 0 Å². The third kappa shape index (κ3) is 8.08. The largest absolute Gasteiger partial charge is 0.423 e. The number of hydrogen-bond acceptors (Lipinski definition) is 6. The van der Waals surface area contributed by atoms with E-state index < -0.39 is 17.9 Å². The van der Waals surface area contributed by atoms with Crippen molar-refractivity contribution in [3.05, 3.63) is 102 Å². The zero-order valence-electron chi connectivity index (χ0n) is 21.3. The number of rotatable bonds is 9. The van der Waals surface area contributed by atoms with Crippen LogP contribution in [-0.2, 0) is 19.1 Å². The summed E-state index contributed by atoms with van der Waals surface area (Å²) in [6, 6.07) is 12.0. The average Bonchev–Trinajstić information content (AvgIpc) is 2.86. The van der Waals surface area contributed by atoms with E-state index in [4.69, 9.17) is 20.6 Å². The maximum atomic E-state index is 12.2. The van der Waals surface area contributed by atoms with Gasteiger partial charge in [0, 0.05) is 22.3 Å². The molecule has 0 N–H and O–H groups in total. The Balaban J connectivity index is 2.48. The predicted octanol–water partition coefficient (Wildman–Crippen LogP) is 6.36. The average molecular weight is 497 g/mol. The summed E-state index contributed by atoms with van der Waals surface area (Å²) in [6.07, 6.45) is 8.67. The number of benzene rings is 2. The molecule has 37 heavy (non-hydrogen) atoms. The molecule has 0 aliphatic carbocycles. The van der Waals surface area contributed by atoms with Crippen molar-refractivity contribution in [1.29, 1.82) is 0 Å². The number of allylic oxidation sites excluding steroid dienone is 4. The molecule has 0 heterocycles. The molecule has 0 unspecified atom stereocenters. The first kappa shape index (κ1) is 28.3. The van der Waals surface area contributed by atoms with Gasteiger partial charge in [-0.25, -0.2) is 14.4 Å². The third-order valence-electron chi connectivity index (χ3n) is 4.89. The van der Waals surface area contributed by atoms with Crippen LogP contribution in [0.1, 0.15) is 33.3 Å². The molecular weight excluding hydrogens is 468 g/mol. The molecule has 0 aromatic heterocycles. The summed E-state index contributed by atoms with van der Waals surface area (Å²) in [5.41, 5.74) is 3.68. The Kier molecular flexibility index (Phi) is 9.74. The van der Waals surface area contributed by atoms with Crippen LogP contribution in [0.15, 0.2) is 96.8 Å². The highest BCUT2D eigenvalue weighted by atomic mass is 16.5. The first-order valence-electron chi connectivity index (χ1n) is 11.2. The standard InChI is InChI=1S/C31H28O6/c1-9-25(35-29(32)19(2)3)14-10-22(8)24-13-17-28(37-31(34)21(6)7)27(18-24)23-11-15-26(16-12-23)36-30(33)20(4)5/h1,10-18H,2,4,6H2,3,5,7-8H3/b22-10+,25-14+. The molecule has 0 radical (unpaired) electrons. The molecule has 6 nitrogen and oxygen atoms in total. The molecule has 2 rings (SSSR count). The van der Waals surface area contributed by atoms with E-state index in [9.17, 15) is 14.4 Å². The van der Waals surface area contributed by atoms with Crippen LogP contribution in [-0.4, -0.2) is 17.9 Å². The normalized spacial score (nSPS) is 11.1. The summed E-state index contributed by atoms with van der Waals surface area (Å²) >= 11 is 0. The van der Waals surface area contributed by atoms with Gasteiger partial charge in [-0.15, -0.1) is 6.42 Å². The highest BCUT2D eigenvalue weighted by molar-refractivity contribution is 5.91. The van der Waals surface area contributed by atoms with Crippen molar-refractivity contribution in [1.82, 2.24) is 0 Å². The Bertz CT molecular complexity index is 1380. The summed E-state index contributed by atoms with van der Waals surface area (Å²) in [5.74, 6) is 1.34. The number of carbonyl (C=O) groups excluding carboxylic acids is 3. The van der Waals surface area contributed by atoms with Crippen molar-refractivity contribution in [3.8, 4) is 35.0 Å². The monoisotopic (exact) mass is 496 g/mol. The van der Waals surface area contributed by atoms with Gasteiger partial charge in [0.25, 0.3) is 0 Å². The van der Waals surface area contributed by atoms with Gasteiger partial charge in [0.15, 0.2) is 5.76 Å². The Morgan fingerprint density at radius 1 is 0.784 bits per heavy atom. The van der Waals surface area contributed by atoms with Gasteiger partial charge in [-0.3, -0.25) is 0 Å². The molecule has 188 valence electrons. The number of carbonyl (C=O) groups is 3. The Labute approximate surface area is 217 Å². The van der Waals surface area contributed by atoms with E-state index in [2.05, 4.69) is 25.7 Å². The van der Waals surface area contributed by atoms with Gasteiger partial charge in [0.1, 0.15) is 11.5 Å². The van der Waals surface area contributed by atoms with Crippen LogP contribution in [0.25, 0.3) is 16.7 Å². The van der Waals surface area contributed by atoms with E-state index >= 15 is 0 Å². The number of hydrogen-bond donors (Lipinski definition) is 0. The van der Waals surface area contributed by atoms with Crippen molar-refractivity contribution in [2.75, 3.05) is 0 Å². The molecule has 6 heteroatoms. The van der Waals surface area contributed by atoms with Crippen molar-refractivity contribution in [3.63, 3.8) is 0 Å². The molecule has 0 saturated carbocycles. The topological polar surface area (TPSA) is 78.9 Å². The summed E-state index contributed by atoms with van der Waals surface area (Å²) < 4.78 is 15.9. The number of esters is 3. The first-order valence-corrected chi connectivity index (χ1v) is 11.2. The quantitative estimate of drug-likeness (QED) is 0.100. The van der Waals surface area contributed by atoms with E-state index in [0.717, 1.165) is 11.1 Å². The summed E-state index contributed by atoms with van der Waals surface area (Å²) in [6.45, 7) is 17.2. The van der Waals surface area contributed by atoms with E-state index in [-0.39, 0.29) is 22.5 Å². The summed E-state index contributed by atoms with van der Waals surface area (Å²) in [4.78, 5) is 35.8. The van der Waals surface area contributed by atoms with Crippen molar-refractivity contribution < 1.29 is 28.6 Å². The van der Waals surface area contributed by atoms with Crippen LogP contribution in [0.2, 0.25) is 0 Å². The minimum Gasteiger partial charge on any atom is -0.423 e. The van der Waals surface area contributed by atoms with Crippen molar-refractivity contribution >= 4 is 23.5 Å². The fourth-order valence-electron chi connectivity index (χ4n) is 2.77. The SMILES string of the molecule is C#C/C(=C\C=C(/C)c1ccc(OC(=O)C(=C)C)c(-c2ccc(OC(=O)C(=C)C)cc2)c1)OC(=O)C(=C)C. The van der Waals surface area contributed by atoms with Gasteiger partial charge in [-0.2, -0.15) is 0 Å². The minimum atomic E-state index is -0.612. The van der Waals surface area contributed by atoms with Crippen LogP contribution < -0.4 is 9.47 Å². The maximum absolute atomic E-state index is 12.2. The van der Waals surface area contributed by atoms with Crippen LogP contribution in [0.5, 0.6) is 11.5 Å². The lowest BCUT2D eigenvalue weighted by molar-refractivity contribution is -0.134. The van der Waals surface area contributed by atoms with Gasteiger partial charge >= 0.3 is 17.9 Å². The van der Waals surface area contributed by atoms with Crippen LogP contribution in [0.3, 0.4) is 0 Å². The second-order valence-electron chi connectivity index (χ2n) is 8.27. The van der Waals surface area contributed by atoms with E-state index in [1.165, 1.54) is 13.0 Å². The fourth-order valence-corrected chi connectivity index (χ4v) is 2.77. The molecule has 0 aliphatic heterocycles. The second kappa shape index (κ2) is 12.7. The maximum Gasteiger partial charge on any atom is 0.339 e. The number of ether oxygens (including phenoxy) is 3. The molecular formula is C31H28O6. The Morgan fingerprint density at radius 2 is 1.35 bits per heavy atom. The van der Waals surface area contributed by atoms with Gasteiger partial charge in [0.05, 0.1) is 0 Å². The van der Waals surface area contributed by atoms with E-state index in [0.29, 0.717) is 22.6 Å². The first-order chi connectivity index (χ1) is 17.4. The smallest absolute Gasteiger partial charge is 0.339 e.